The van der Waals surface area contributed by atoms with Gasteiger partial charge in [0.15, 0.2) is 5.58 Å². The van der Waals surface area contributed by atoms with Gasteiger partial charge in [-0.2, -0.15) is 0 Å². The van der Waals surface area contributed by atoms with Crippen molar-refractivity contribution in [3.63, 3.8) is 0 Å². The van der Waals surface area contributed by atoms with Gasteiger partial charge in [0, 0.05) is 29.1 Å². The lowest BCUT2D eigenvalue weighted by molar-refractivity contribution is 0.102. The van der Waals surface area contributed by atoms with Crippen molar-refractivity contribution in [3.8, 4) is 17.2 Å². The van der Waals surface area contributed by atoms with Crippen LogP contribution in [0.15, 0.2) is 71.4 Å². The number of nitrogens with one attached hydrogen (secondary N) is 1. The van der Waals surface area contributed by atoms with Crippen molar-refractivity contribution < 1.29 is 13.9 Å². The van der Waals surface area contributed by atoms with Gasteiger partial charge in [-0.15, -0.1) is 0 Å². The van der Waals surface area contributed by atoms with Gasteiger partial charge in [-0.25, -0.2) is 4.98 Å². The van der Waals surface area contributed by atoms with Crippen LogP contribution >= 0.6 is 0 Å². The molecule has 0 atom stereocenters. The van der Waals surface area contributed by atoms with Crippen molar-refractivity contribution >= 4 is 22.7 Å². The van der Waals surface area contributed by atoms with E-state index in [1.54, 1.807) is 49.8 Å². The van der Waals surface area contributed by atoms with Crippen molar-refractivity contribution in [2.24, 2.45) is 0 Å². The first-order valence-electron chi connectivity index (χ1n) is 7.99. The second-order valence-corrected chi connectivity index (χ2v) is 5.63. The summed E-state index contributed by atoms with van der Waals surface area (Å²) in [7, 11) is 1.57. The number of benzene rings is 2. The van der Waals surface area contributed by atoms with Crippen LogP contribution in [0.2, 0.25) is 0 Å². The number of carbonyl (C=O) groups excluding carboxylic acids is 1. The van der Waals surface area contributed by atoms with Crippen LogP contribution in [0.3, 0.4) is 0 Å². The predicted octanol–water partition coefficient (Wildman–Crippen LogP) is 4.15. The van der Waals surface area contributed by atoms with Gasteiger partial charge in [0.25, 0.3) is 5.91 Å². The number of hydrogen-bond donors (Lipinski definition) is 1. The number of anilines is 1. The van der Waals surface area contributed by atoms with Crippen molar-refractivity contribution in [2.75, 3.05) is 12.4 Å². The highest BCUT2D eigenvalue weighted by molar-refractivity contribution is 6.04. The van der Waals surface area contributed by atoms with Gasteiger partial charge in [-0.05, 0) is 36.4 Å². The minimum atomic E-state index is -0.220. The van der Waals surface area contributed by atoms with E-state index < -0.39 is 0 Å². The fraction of sp³-hybridized carbons (Fsp3) is 0.0500. The molecule has 4 rings (SSSR count). The maximum atomic E-state index is 12.5. The third-order valence-corrected chi connectivity index (χ3v) is 3.89. The van der Waals surface area contributed by atoms with Crippen molar-refractivity contribution in [3.05, 3.63) is 72.6 Å². The van der Waals surface area contributed by atoms with E-state index in [2.05, 4.69) is 15.3 Å². The van der Waals surface area contributed by atoms with Gasteiger partial charge in [0.1, 0.15) is 11.3 Å². The molecule has 2 heterocycles. The number of hydrogen-bond acceptors (Lipinski definition) is 5. The second kappa shape index (κ2) is 6.68. The van der Waals surface area contributed by atoms with Crippen LogP contribution in [0, 0.1) is 0 Å². The molecule has 1 N–H and O–H groups in total. The molecule has 0 spiro atoms. The SMILES string of the molecule is COc1cccc(C(=O)Nc2cccc(-c3nc4cnccc4o3)c2)c1. The van der Waals surface area contributed by atoms with Crippen molar-refractivity contribution in [1.29, 1.82) is 0 Å². The summed E-state index contributed by atoms with van der Waals surface area (Å²) in [5, 5.41) is 2.88. The number of oxazole rings is 1. The zero-order valence-corrected chi connectivity index (χ0v) is 14.0. The van der Waals surface area contributed by atoms with Crippen LogP contribution in [0.4, 0.5) is 5.69 Å². The number of carbonyl (C=O) groups is 1. The topological polar surface area (TPSA) is 77.2 Å². The lowest BCUT2D eigenvalue weighted by Gasteiger charge is -2.07. The molecule has 1 amide bonds. The quantitative estimate of drug-likeness (QED) is 0.601. The molecule has 2 aromatic carbocycles. The minimum Gasteiger partial charge on any atom is -0.497 e. The van der Waals surface area contributed by atoms with Gasteiger partial charge < -0.3 is 14.5 Å². The molecular formula is C20H15N3O3. The maximum absolute atomic E-state index is 12.5. The molecule has 6 heteroatoms. The van der Waals surface area contributed by atoms with E-state index in [4.69, 9.17) is 9.15 Å². The van der Waals surface area contributed by atoms with E-state index in [1.807, 2.05) is 24.3 Å². The minimum absolute atomic E-state index is 0.220. The Morgan fingerprint density at radius 2 is 2.00 bits per heavy atom. The van der Waals surface area contributed by atoms with Crippen LogP contribution in [-0.4, -0.2) is 23.0 Å². The average molecular weight is 345 g/mol. The number of amides is 1. The Morgan fingerprint density at radius 1 is 1.12 bits per heavy atom. The molecule has 0 unspecified atom stereocenters. The van der Waals surface area contributed by atoms with E-state index in [1.165, 1.54) is 0 Å². The summed E-state index contributed by atoms with van der Waals surface area (Å²) >= 11 is 0. The summed E-state index contributed by atoms with van der Waals surface area (Å²) < 4.78 is 10.9. The Morgan fingerprint density at radius 3 is 2.85 bits per heavy atom. The largest absolute Gasteiger partial charge is 0.497 e. The number of ether oxygens (including phenoxy) is 1. The first-order valence-corrected chi connectivity index (χ1v) is 7.99. The summed E-state index contributed by atoms with van der Waals surface area (Å²) in [6.45, 7) is 0. The average Bonchev–Trinajstić information content (AvgIpc) is 3.12. The van der Waals surface area contributed by atoms with Crippen LogP contribution < -0.4 is 10.1 Å². The molecule has 0 aliphatic carbocycles. The Labute approximate surface area is 149 Å². The number of fused-ring (bicyclic) bond motifs is 1. The molecule has 2 aromatic heterocycles. The van der Waals surface area contributed by atoms with E-state index in [0.717, 1.165) is 5.56 Å². The molecule has 4 aromatic rings. The molecule has 0 bridgehead atoms. The van der Waals surface area contributed by atoms with Crippen LogP contribution in [-0.2, 0) is 0 Å². The first kappa shape index (κ1) is 15.8. The Kier molecular flexibility index (Phi) is 4.07. The molecule has 0 aliphatic heterocycles. The summed E-state index contributed by atoms with van der Waals surface area (Å²) in [6.07, 6.45) is 3.30. The van der Waals surface area contributed by atoms with Gasteiger partial charge in [0.05, 0.1) is 13.3 Å². The number of methoxy groups -OCH3 is 1. The molecule has 0 radical (unpaired) electrons. The number of aromatic nitrogens is 2. The van der Waals surface area contributed by atoms with E-state index in [0.29, 0.717) is 34.0 Å². The van der Waals surface area contributed by atoms with Crippen molar-refractivity contribution in [1.82, 2.24) is 9.97 Å². The Bertz CT molecular complexity index is 1060. The van der Waals surface area contributed by atoms with Gasteiger partial charge in [-0.3, -0.25) is 9.78 Å². The fourth-order valence-electron chi connectivity index (χ4n) is 2.60. The Balaban J connectivity index is 1.60. The van der Waals surface area contributed by atoms with Crippen LogP contribution in [0.5, 0.6) is 5.75 Å². The number of nitrogens with zero attached hydrogens (tertiary/aromatic N) is 2. The maximum Gasteiger partial charge on any atom is 0.255 e. The number of pyridine rings is 1. The summed E-state index contributed by atoms with van der Waals surface area (Å²) in [4.78, 5) is 20.9. The monoisotopic (exact) mass is 345 g/mol. The van der Waals surface area contributed by atoms with Crippen molar-refractivity contribution in [2.45, 2.75) is 0 Å². The lowest BCUT2D eigenvalue weighted by atomic mass is 10.1. The smallest absolute Gasteiger partial charge is 0.255 e. The molecule has 0 saturated heterocycles. The van der Waals surface area contributed by atoms with Gasteiger partial charge in [0.2, 0.25) is 5.89 Å². The highest BCUT2D eigenvalue weighted by atomic mass is 16.5. The highest BCUT2D eigenvalue weighted by Gasteiger charge is 2.11. The number of rotatable bonds is 4. The van der Waals surface area contributed by atoms with Gasteiger partial charge >= 0.3 is 0 Å². The fourth-order valence-corrected chi connectivity index (χ4v) is 2.60. The van der Waals surface area contributed by atoms with E-state index in [9.17, 15) is 4.79 Å². The summed E-state index contributed by atoms with van der Waals surface area (Å²) in [5.41, 5.74) is 3.29. The zero-order chi connectivity index (χ0) is 17.9. The lowest BCUT2D eigenvalue weighted by Crippen LogP contribution is -2.11. The molecule has 6 nitrogen and oxygen atoms in total. The summed E-state index contributed by atoms with van der Waals surface area (Å²) in [6, 6.07) is 16.1. The van der Waals surface area contributed by atoms with Gasteiger partial charge in [-0.1, -0.05) is 12.1 Å². The third kappa shape index (κ3) is 3.12. The highest BCUT2D eigenvalue weighted by Crippen LogP contribution is 2.26. The predicted molar refractivity (Wildman–Crippen MR) is 98.2 cm³/mol. The zero-order valence-electron chi connectivity index (χ0n) is 14.0. The van der Waals surface area contributed by atoms with E-state index in [-0.39, 0.29) is 5.91 Å². The molecular weight excluding hydrogens is 330 g/mol. The summed E-state index contributed by atoms with van der Waals surface area (Å²) in [5.74, 6) is 0.889. The molecule has 0 saturated carbocycles. The molecule has 0 fully saturated rings. The first-order chi connectivity index (χ1) is 12.7. The van der Waals surface area contributed by atoms with Crippen LogP contribution in [0.1, 0.15) is 10.4 Å². The standard InChI is InChI=1S/C20H15N3O3/c1-25-16-7-3-4-13(11-16)19(24)22-15-6-2-5-14(10-15)20-23-17-12-21-9-8-18(17)26-20/h2-12H,1H3,(H,22,24). The third-order valence-electron chi connectivity index (χ3n) is 3.89. The van der Waals surface area contributed by atoms with E-state index >= 15 is 0 Å². The molecule has 0 aliphatic rings. The second-order valence-electron chi connectivity index (χ2n) is 5.63. The molecule has 128 valence electrons. The Hall–Kier alpha value is -3.67. The molecule has 26 heavy (non-hydrogen) atoms. The normalized spacial score (nSPS) is 10.7. The van der Waals surface area contributed by atoms with Crippen LogP contribution in [0.25, 0.3) is 22.6 Å².